The summed E-state index contributed by atoms with van der Waals surface area (Å²) in [6, 6.07) is 6.19. The normalized spacial score (nSPS) is 10.6. The Bertz CT molecular complexity index is 740. The van der Waals surface area contributed by atoms with Crippen molar-refractivity contribution in [1.82, 2.24) is 13.7 Å². The van der Waals surface area contributed by atoms with Gasteiger partial charge in [0.25, 0.3) is 11.1 Å². The van der Waals surface area contributed by atoms with Gasteiger partial charge in [0.15, 0.2) is 0 Å². The Hall–Kier alpha value is -2.37. The second-order valence-corrected chi connectivity index (χ2v) is 4.11. The summed E-state index contributed by atoms with van der Waals surface area (Å²) in [5, 5.41) is 0. The van der Waals surface area contributed by atoms with Crippen LogP contribution in [0.15, 0.2) is 51.0 Å². The van der Waals surface area contributed by atoms with E-state index in [1.54, 1.807) is 18.3 Å². The highest BCUT2D eigenvalue weighted by molar-refractivity contribution is 4.93. The molecule has 0 saturated heterocycles. The summed E-state index contributed by atoms with van der Waals surface area (Å²) in [7, 11) is 0. The summed E-state index contributed by atoms with van der Waals surface area (Å²) in [6.07, 6.45) is 3.12. The van der Waals surface area contributed by atoms with Gasteiger partial charge in [0.1, 0.15) is 0 Å². The van der Waals surface area contributed by atoms with Crippen LogP contribution in [0.4, 0.5) is 0 Å². The first-order valence-electron chi connectivity index (χ1n) is 6.09. The molecule has 0 spiro atoms. The highest BCUT2D eigenvalue weighted by Crippen LogP contribution is 1.85. The molecule has 6 nitrogen and oxygen atoms in total. The summed E-state index contributed by atoms with van der Waals surface area (Å²) in [5.74, 6) is 0. The predicted octanol–water partition coefficient (Wildman–Crippen LogP) is -0.108. The minimum Gasteiger partial charge on any atom is -0.314 e. The lowest BCUT2D eigenvalue weighted by Crippen LogP contribution is -2.40. The number of hydrogen-bond donors (Lipinski definition) is 0. The zero-order valence-corrected chi connectivity index (χ0v) is 10.7. The minimum absolute atomic E-state index is 0.151. The molecule has 0 saturated carbocycles. The number of hydrogen-bond acceptors (Lipinski definition) is 3. The third kappa shape index (κ3) is 2.73. The third-order valence-electron chi connectivity index (χ3n) is 2.94. The van der Waals surface area contributed by atoms with Crippen LogP contribution in [-0.4, -0.2) is 13.7 Å². The van der Waals surface area contributed by atoms with E-state index >= 15 is 0 Å². The van der Waals surface area contributed by atoms with Crippen LogP contribution in [0.25, 0.3) is 0 Å². The second kappa shape index (κ2) is 5.51. The third-order valence-corrected chi connectivity index (χ3v) is 2.94. The monoisotopic (exact) mass is 261 g/mol. The van der Waals surface area contributed by atoms with Gasteiger partial charge in [-0.05, 0) is 13.0 Å². The van der Waals surface area contributed by atoms with Crippen molar-refractivity contribution >= 4 is 0 Å². The van der Waals surface area contributed by atoms with Gasteiger partial charge < -0.3 is 9.13 Å². The Morgan fingerprint density at radius 3 is 2.37 bits per heavy atom. The molecule has 0 aliphatic heterocycles. The largest absolute Gasteiger partial charge is 0.331 e. The average molecular weight is 261 g/mol. The smallest absolute Gasteiger partial charge is 0.314 e. The van der Waals surface area contributed by atoms with Crippen molar-refractivity contribution < 1.29 is 0 Å². The molecule has 0 atom stereocenters. The van der Waals surface area contributed by atoms with E-state index in [-0.39, 0.29) is 23.4 Å². The van der Waals surface area contributed by atoms with Crippen molar-refractivity contribution in [1.29, 1.82) is 0 Å². The first-order chi connectivity index (χ1) is 9.13. The lowest BCUT2D eigenvalue weighted by Gasteiger charge is -2.09. The highest BCUT2D eigenvalue weighted by atomic mass is 16.2. The van der Waals surface area contributed by atoms with Crippen molar-refractivity contribution in [2.24, 2.45) is 0 Å². The van der Waals surface area contributed by atoms with Gasteiger partial charge in [-0.25, -0.2) is 4.79 Å². The first kappa shape index (κ1) is 13.1. The standard InChI is InChI=1S/C13H15N3O3/c1-2-14-8-6-12(18)16(13(14)19)10-9-15-7-4-3-5-11(15)17/h3-8H,2,9-10H2,1H3. The van der Waals surface area contributed by atoms with Crippen LogP contribution in [0, 0.1) is 0 Å². The van der Waals surface area contributed by atoms with Crippen LogP contribution in [0.3, 0.4) is 0 Å². The summed E-state index contributed by atoms with van der Waals surface area (Å²) in [4.78, 5) is 35.2. The molecule has 19 heavy (non-hydrogen) atoms. The number of aromatic nitrogens is 3. The van der Waals surface area contributed by atoms with E-state index in [1.807, 2.05) is 6.92 Å². The average Bonchev–Trinajstić information content (AvgIpc) is 2.40. The molecule has 2 aromatic rings. The van der Waals surface area contributed by atoms with E-state index in [9.17, 15) is 14.4 Å². The summed E-state index contributed by atoms with van der Waals surface area (Å²) >= 11 is 0. The molecule has 2 rings (SSSR count). The number of pyridine rings is 1. The molecule has 0 radical (unpaired) electrons. The fourth-order valence-electron chi connectivity index (χ4n) is 1.86. The lowest BCUT2D eigenvalue weighted by molar-refractivity contribution is 0.506. The van der Waals surface area contributed by atoms with Crippen molar-refractivity contribution in [3.8, 4) is 0 Å². The maximum Gasteiger partial charge on any atom is 0.331 e. The number of aryl methyl sites for hydroxylation is 2. The van der Waals surface area contributed by atoms with Gasteiger partial charge in [-0.1, -0.05) is 6.07 Å². The fraction of sp³-hybridized carbons (Fsp3) is 0.308. The summed E-state index contributed by atoms with van der Waals surface area (Å²) in [6.45, 7) is 2.81. The fourth-order valence-corrected chi connectivity index (χ4v) is 1.86. The Morgan fingerprint density at radius 2 is 1.68 bits per heavy atom. The Labute approximate surface area is 109 Å². The van der Waals surface area contributed by atoms with Gasteiger partial charge in [-0.3, -0.25) is 14.2 Å². The van der Waals surface area contributed by atoms with Crippen LogP contribution >= 0.6 is 0 Å². The molecule has 6 heteroatoms. The van der Waals surface area contributed by atoms with Gasteiger partial charge in [-0.2, -0.15) is 0 Å². The molecule has 0 aromatic carbocycles. The van der Waals surface area contributed by atoms with Crippen molar-refractivity contribution in [3.63, 3.8) is 0 Å². The van der Waals surface area contributed by atoms with Gasteiger partial charge >= 0.3 is 5.69 Å². The van der Waals surface area contributed by atoms with Crippen LogP contribution < -0.4 is 16.8 Å². The quantitative estimate of drug-likeness (QED) is 0.771. The molecular formula is C13H15N3O3. The van der Waals surface area contributed by atoms with E-state index in [4.69, 9.17) is 0 Å². The molecule has 2 heterocycles. The van der Waals surface area contributed by atoms with Gasteiger partial charge in [-0.15, -0.1) is 0 Å². The van der Waals surface area contributed by atoms with Gasteiger partial charge in [0.2, 0.25) is 0 Å². The first-order valence-corrected chi connectivity index (χ1v) is 6.09. The Balaban J connectivity index is 2.30. The molecule has 0 fully saturated rings. The highest BCUT2D eigenvalue weighted by Gasteiger charge is 2.04. The Morgan fingerprint density at radius 1 is 0.895 bits per heavy atom. The molecule has 0 unspecified atom stereocenters. The molecule has 0 amide bonds. The maximum atomic E-state index is 12.0. The van der Waals surface area contributed by atoms with Crippen LogP contribution in [-0.2, 0) is 19.6 Å². The molecule has 0 aliphatic carbocycles. The molecule has 0 bridgehead atoms. The van der Waals surface area contributed by atoms with E-state index in [0.717, 1.165) is 4.57 Å². The van der Waals surface area contributed by atoms with E-state index < -0.39 is 0 Å². The summed E-state index contributed by atoms with van der Waals surface area (Å²) in [5.41, 5.74) is -0.847. The van der Waals surface area contributed by atoms with E-state index in [1.165, 1.54) is 27.5 Å². The topological polar surface area (TPSA) is 66.0 Å². The second-order valence-electron chi connectivity index (χ2n) is 4.11. The van der Waals surface area contributed by atoms with Crippen LogP contribution in [0.1, 0.15) is 6.92 Å². The zero-order valence-electron chi connectivity index (χ0n) is 10.7. The van der Waals surface area contributed by atoms with E-state index in [2.05, 4.69) is 0 Å². The zero-order chi connectivity index (χ0) is 13.8. The number of rotatable bonds is 4. The minimum atomic E-state index is -0.348. The molecule has 0 N–H and O–H groups in total. The SMILES string of the molecule is CCn1ccc(=O)n(CCn2ccccc2=O)c1=O. The number of nitrogens with zero attached hydrogens (tertiary/aromatic N) is 3. The lowest BCUT2D eigenvalue weighted by atomic mass is 10.4. The molecule has 100 valence electrons. The maximum absolute atomic E-state index is 12.0. The predicted molar refractivity (Wildman–Crippen MR) is 71.3 cm³/mol. The van der Waals surface area contributed by atoms with E-state index in [0.29, 0.717) is 13.1 Å². The van der Waals surface area contributed by atoms with Crippen molar-refractivity contribution in [2.75, 3.05) is 0 Å². The van der Waals surface area contributed by atoms with Crippen LogP contribution in [0.2, 0.25) is 0 Å². The van der Waals surface area contributed by atoms with Gasteiger partial charge in [0, 0.05) is 44.2 Å². The van der Waals surface area contributed by atoms with Crippen molar-refractivity contribution in [3.05, 3.63) is 67.9 Å². The van der Waals surface area contributed by atoms with Crippen LogP contribution in [0.5, 0.6) is 0 Å². The Kier molecular flexibility index (Phi) is 3.79. The molecular weight excluding hydrogens is 246 g/mol. The van der Waals surface area contributed by atoms with Gasteiger partial charge in [0.05, 0.1) is 0 Å². The summed E-state index contributed by atoms with van der Waals surface area (Å²) < 4.78 is 4.06. The molecule has 2 aromatic heterocycles. The van der Waals surface area contributed by atoms with Crippen molar-refractivity contribution in [2.45, 2.75) is 26.6 Å². The molecule has 0 aliphatic rings.